The first-order valence-electron chi connectivity index (χ1n) is 12.9. The number of carbonyl (C=O) groups is 1. The maximum Gasteiger partial charge on any atom is 0.417 e. The number of esters is 1. The lowest BCUT2D eigenvalue weighted by atomic mass is 9.83. The van der Waals surface area contributed by atoms with Crippen LogP contribution in [0.15, 0.2) is 66.7 Å². The van der Waals surface area contributed by atoms with Crippen LogP contribution in [0.5, 0.6) is 0 Å². The number of ether oxygens (including phenoxy) is 1. The van der Waals surface area contributed by atoms with E-state index in [2.05, 4.69) is 0 Å². The molecule has 1 aliphatic rings. The first kappa shape index (κ1) is 29.0. The summed E-state index contributed by atoms with van der Waals surface area (Å²) in [7, 11) is 0. The van der Waals surface area contributed by atoms with Crippen molar-refractivity contribution < 1.29 is 36.4 Å². The molecule has 0 radical (unpaired) electrons. The Morgan fingerprint density at radius 1 is 0.949 bits per heavy atom. The summed E-state index contributed by atoms with van der Waals surface area (Å²) in [5, 5.41) is -0.399. The average molecular weight is 567 g/mol. The van der Waals surface area contributed by atoms with Crippen molar-refractivity contribution in [1.82, 2.24) is 0 Å². The first-order chi connectivity index (χ1) is 18.5. The highest BCUT2D eigenvalue weighted by Gasteiger charge is 2.43. The fourth-order valence-corrected chi connectivity index (χ4v) is 5.70. The third-order valence-electron chi connectivity index (χ3n) is 7.47. The van der Waals surface area contributed by atoms with Gasteiger partial charge < -0.3 is 9.64 Å². The van der Waals surface area contributed by atoms with Gasteiger partial charge in [-0.05, 0) is 65.9 Å². The van der Waals surface area contributed by atoms with Crippen LogP contribution in [-0.2, 0) is 21.3 Å². The number of alkyl halides is 3. The van der Waals surface area contributed by atoms with Gasteiger partial charge in [-0.15, -0.1) is 0 Å². The Bertz CT molecular complexity index is 1220. The SMILES string of the molecule is CC(=O)OC1(c2ccc(Cl)c(C(F)(F)F)c2)CC[NH+](CCCC(c2ccc(F)cc2)c2ccc(F)cc2)CC1. The highest BCUT2D eigenvalue weighted by atomic mass is 35.5. The Kier molecular flexibility index (Phi) is 8.96. The minimum Gasteiger partial charge on any atom is -0.454 e. The molecule has 39 heavy (non-hydrogen) atoms. The fraction of sp³-hybridized carbons (Fsp3) is 0.367. The summed E-state index contributed by atoms with van der Waals surface area (Å²) < 4.78 is 73.2. The van der Waals surface area contributed by atoms with Crippen molar-refractivity contribution in [1.29, 1.82) is 0 Å². The quantitative estimate of drug-likeness (QED) is 0.243. The van der Waals surface area contributed by atoms with Gasteiger partial charge in [-0.1, -0.05) is 41.9 Å². The molecule has 1 aliphatic heterocycles. The number of likely N-dealkylation sites (tertiary alicyclic amines) is 1. The molecule has 1 heterocycles. The summed E-state index contributed by atoms with van der Waals surface area (Å²) >= 11 is 5.81. The second kappa shape index (κ2) is 12.0. The van der Waals surface area contributed by atoms with E-state index in [1.165, 1.54) is 48.2 Å². The van der Waals surface area contributed by atoms with Gasteiger partial charge in [-0.2, -0.15) is 13.2 Å². The number of hydrogen-bond donors (Lipinski definition) is 1. The van der Waals surface area contributed by atoms with Gasteiger partial charge in [0.2, 0.25) is 0 Å². The molecule has 3 nitrogen and oxygen atoms in total. The van der Waals surface area contributed by atoms with Gasteiger partial charge in [0.15, 0.2) is 0 Å². The molecule has 1 saturated heterocycles. The van der Waals surface area contributed by atoms with Crippen LogP contribution in [0.3, 0.4) is 0 Å². The Morgan fingerprint density at radius 3 is 1.97 bits per heavy atom. The van der Waals surface area contributed by atoms with Gasteiger partial charge in [0.25, 0.3) is 0 Å². The topological polar surface area (TPSA) is 30.7 Å². The molecule has 4 rings (SSSR count). The maximum absolute atomic E-state index is 13.5. The van der Waals surface area contributed by atoms with Crippen LogP contribution in [-0.4, -0.2) is 25.6 Å². The Balaban J connectivity index is 1.44. The van der Waals surface area contributed by atoms with Crippen LogP contribution >= 0.6 is 11.6 Å². The summed E-state index contributed by atoms with van der Waals surface area (Å²) in [5.41, 5.74) is 0.0734. The van der Waals surface area contributed by atoms with E-state index in [0.29, 0.717) is 31.5 Å². The molecule has 0 aliphatic carbocycles. The highest BCUT2D eigenvalue weighted by molar-refractivity contribution is 6.31. The number of nitrogens with one attached hydrogen (secondary N) is 1. The number of benzene rings is 3. The minimum atomic E-state index is -4.62. The van der Waals surface area contributed by atoms with E-state index in [4.69, 9.17) is 16.3 Å². The van der Waals surface area contributed by atoms with Crippen LogP contribution in [0, 0.1) is 11.6 Å². The van der Waals surface area contributed by atoms with Crippen molar-refractivity contribution >= 4 is 17.6 Å². The normalized spacial score (nSPS) is 19.7. The van der Waals surface area contributed by atoms with Crippen LogP contribution in [0.1, 0.15) is 60.8 Å². The molecule has 3 aromatic carbocycles. The fourth-order valence-electron chi connectivity index (χ4n) is 5.48. The zero-order valence-corrected chi connectivity index (χ0v) is 22.2. The number of halogens is 6. The largest absolute Gasteiger partial charge is 0.454 e. The first-order valence-corrected chi connectivity index (χ1v) is 13.3. The summed E-state index contributed by atoms with van der Waals surface area (Å²) in [6, 6.07) is 16.3. The molecule has 0 atom stereocenters. The Hall–Kier alpha value is -2.97. The van der Waals surface area contributed by atoms with E-state index in [0.717, 1.165) is 36.6 Å². The molecule has 0 unspecified atom stereocenters. The zero-order valence-electron chi connectivity index (χ0n) is 21.5. The maximum atomic E-state index is 13.5. The van der Waals surface area contributed by atoms with E-state index in [-0.39, 0.29) is 17.6 Å². The summed E-state index contributed by atoms with van der Waals surface area (Å²) in [5.74, 6) is -1.24. The number of quaternary nitrogens is 1. The summed E-state index contributed by atoms with van der Waals surface area (Å²) in [4.78, 5) is 13.2. The molecular weight excluding hydrogens is 537 g/mol. The predicted molar refractivity (Wildman–Crippen MR) is 139 cm³/mol. The number of carbonyl (C=O) groups excluding carboxylic acids is 1. The second-order valence-electron chi connectivity index (χ2n) is 10.1. The molecule has 0 spiro atoms. The smallest absolute Gasteiger partial charge is 0.417 e. The minimum absolute atomic E-state index is 0.0367. The molecule has 208 valence electrons. The third kappa shape index (κ3) is 7.17. The molecular formula is C30H30ClF5NO2+. The van der Waals surface area contributed by atoms with Gasteiger partial charge >= 0.3 is 12.1 Å². The lowest BCUT2D eigenvalue weighted by molar-refractivity contribution is -0.908. The molecule has 1 N–H and O–H groups in total. The molecule has 0 bridgehead atoms. The highest BCUT2D eigenvalue weighted by Crippen LogP contribution is 2.41. The molecule has 0 amide bonds. The van der Waals surface area contributed by atoms with Crippen LogP contribution < -0.4 is 4.90 Å². The van der Waals surface area contributed by atoms with Crippen molar-refractivity contribution in [3.8, 4) is 0 Å². The average Bonchev–Trinajstić information content (AvgIpc) is 2.88. The number of piperidine rings is 1. The van der Waals surface area contributed by atoms with E-state index < -0.39 is 28.3 Å². The summed E-state index contributed by atoms with van der Waals surface area (Å²) in [6.07, 6.45) is -2.31. The predicted octanol–water partition coefficient (Wildman–Crippen LogP) is 6.69. The molecule has 9 heteroatoms. The van der Waals surface area contributed by atoms with Gasteiger partial charge in [0.1, 0.15) is 17.2 Å². The Morgan fingerprint density at radius 2 is 1.49 bits per heavy atom. The summed E-state index contributed by atoms with van der Waals surface area (Å²) in [6.45, 7) is 3.26. The Labute approximate surface area is 229 Å². The lowest BCUT2D eigenvalue weighted by Gasteiger charge is -2.39. The van der Waals surface area contributed by atoms with Gasteiger partial charge in [0.05, 0.1) is 30.2 Å². The van der Waals surface area contributed by atoms with Gasteiger partial charge in [-0.25, -0.2) is 8.78 Å². The van der Waals surface area contributed by atoms with Crippen LogP contribution in [0.4, 0.5) is 22.0 Å². The molecule has 0 saturated carbocycles. The molecule has 1 fully saturated rings. The monoisotopic (exact) mass is 566 g/mol. The van der Waals surface area contributed by atoms with Crippen LogP contribution in [0.2, 0.25) is 5.02 Å². The number of hydrogen-bond acceptors (Lipinski definition) is 2. The van der Waals surface area contributed by atoms with Crippen molar-refractivity contribution in [3.05, 3.63) is 106 Å². The van der Waals surface area contributed by atoms with Crippen molar-refractivity contribution in [2.45, 2.75) is 50.3 Å². The van der Waals surface area contributed by atoms with E-state index >= 15 is 0 Å². The van der Waals surface area contributed by atoms with Crippen molar-refractivity contribution in [2.75, 3.05) is 19.6 Å². The van der Waals surface area contributed by atoms with Crippen molar-refractivity contribution in [2.24, 2.45) is 0 Å². The third-order valence-corrected chi connectivity index (χ3v) is 7.80. The lowest BCUT2D eigenvalue weighted by Crippen LogP contribution is -3.13. The molecule has 3 aromatic rings. The van der Waals surface area contributed by atoms with E-state index in [1.807, 2.05) is 0 Å². The second-order valence-corrected chi connectivity index (χ2v) is 10.5. The van der Waals surface area contributed by atoms with Gasteiger partial charge in [-0.3, -0.25) is 4.79 Å². The van der Waals surface area contributed by atoms with Crippen LogP contribution in [0.25, 0.3) is 0 Å². The number of rotatable bonds is 8. The molecule has 0 aromatic heterocycles. The van der Waals surface area contributed by atoms with E-state index in [1.54, 1.807) is 24.3 Å². The zero-order chi connectivity index (χ0) is 28.2. The standard InChI is InChI=1S/C30H29ClF5NO2/c1-20(38)39-29(23-8-13-28(31)27(19-23)30(34,35)36)14-17-37(18-15-29)16-2-3-26(21-4-9-24(32)10-5-21)22-6-11-25(33)12-7-22/h4-13,19,26H,2-3,14-18H2,1H3/p+1. The van der Waals surface area contributed by atoms with Crippen molar-refractivity contribution in [3.63, 3.8) is 0 Å². The van der Waals surface area contributed by atoms with E-state index in [9.17, 15) is 26.7 Å². The van der Waals surface area contributed by atoms with Gasteiger partial charge in [0, 0.05) is 25.7 Å².